The van der Waals surface area contributed by atoms with Crippen molar-refractivity contribution in [1.82, 2.24) is 9.78 Å². The normalized spacial score (nSPS) is 11.5. The van der Waals surface area contributed by atoms with Crippen LogP contribution in [0.1, 0.15) is 24.6 Å². The van der Waals surface area contributed by atoms with Crippen LogP contribution in [0.5, 0.6) is 5.75 Å². The molecule has 0 aliphatic rings. The average Bonchev–Trinajstić information content (AvgIpc) is 3.11. The number of hydrogen-bond acceptors (Lipinski definition) is 3. The molecule has 1 atom stereocenters. The van der Waals surface area contributed by atoms with Crippen molar-refractivity contribution in [2.75, 3.05) is 7.11 Å². The van der Waals surface area contributed by atoms with Crippen LogP contribution in [0, 0.1) is 18.8 Å². The molecule has 4 nitrogen and oxygen atoms in total. The fraction of sp³-hybridized carbons (Fsp3) is 0.227. The summed E-state index contributed by atoms with van der Waals surface area (Å²) in [6.07, 6.45) is -0.0410. The smallest absolute Gasteiger partial charge is 0.136 e. The van der Waals surface area contributed by atoms with Crippen molar-refractivity contribution in [2.45, 2.75) is 26.4 Å². The van der Waals surface area contributed by atoms with Gasteiger partial charge in [0.1, 0.15) is 17.5 Å². The first-order chi connectivity index (χ1) is 12.6. The Balaban J connectivity index is 2.08. The molecule has 0 saturated heterocycles. The molecule has 2 aromatic carbocycles. The molecular weight excluding hydrogens is 324 g/mol. The van der Waals surface area contributed by atoms with Gasteiger partial charge in [0.2, 0.25) is 0 Å². The van der Waals surface area contributed by atoms with Crippen LogP contribution < -0.4 is 4.74 Å². The molecule has 1 N–H and O–H groups in total. The van der Waals surface area contributed by atoms with Crippen molar-refractivity contribution < 1.29 is 9.84 Å². The summed E-state index contributed by atoms with van der Waals surface area (Å²) in [5.41, 5.74) is 4.76. The third-order valence-corrected chi connectivity index (χ3v) is 4.13. The van der Waals surface area contributed by atoms with Crippen molar-refractivity contribution in [3.8, 4) is 34.5 Å². The van der Waals surface area contributed by atoms with E-state index in [0.717, 1.165) is 22.7 Å². The van der Waals surface area contributed by atoms with Gasteiger partial charge in [-0.1, -0.05) is 42.7 Å². The summed E-state index contributed by atoms with van der Waals surface area (Å²) >= 11 is 0. The van der Waals surface area contributed by atoms with Crippen LogP contribution in [0.2, 0.25) is 0 Å². The van der Waals surface area contributed by atoms with E-state index in [1.807, 2.05) is 41.9 Å². The van der Waals surface area contributed by atoms with Gasteiger partial charge in [-0.2, -0.15) is 5.10 Å². The van der Waals surface area contributed by atoms with Crippen molar-refractivity contribution in [2.24, 2.45) is 0 Å². The summed E-state index contributed by atoms with van der Waals surface area (Å²) in [7, 11) is 1.65. The predicted molar refractivity (Wildman–Crippen MR) is 103 cm³/mol. The molecule has 1 heterocycles. The van der Waals surface area contributed by atoms with Crippen molar-refractivity contribution >= 4 is 0 Å². The van der Waals surface area contributed by atoms with E-state index in [4.69, 9.17) is 4.74 Å². The van der Waals surface area contributed by atoms with Crippen LogP contribution in [0.4, 0.5) is 0 Å². The highest BCUT2D eigenvalue weighted by molar-refractivity contribution is 5.64. The monoisotopic (exact) mass is 346 g/mol. The Morgan fingerprint density at radius 2 is 1.81 bits per heavy atom. The number of hydrogen-bond donors (Lipinski definition) is 1. The van der Waals surface area contributed by atoms with Crippen molar-refractivity contribution in [1.29, 1.82) is 0 Å². The molecule has 0 bridgehead atoms. The summed E-state index contributed by atoms with van der Waals surface area (Å²) in [5, 5.41) is 14.3. The number of nitrogens with zero attached hydrogens (tertiary/aromatic N) is 2. The molecule has 4 heteroatoms. The Morgan fingerprint density at radius 1 is 1.12 bits per heavy atom. The van der Waals surface area contributed by atoms with Crippen LogP contribution in [0.15, 0.2) is 54.6 Å². The first kappa shape index (κ1) is 17.8. The lowest BCUT2D eigenvalue weighted by Gasteiger charge is -2.08. The number of aryl methyl sites for hydroxylation is 1. The zero-order chi connectivity index (χ0) is 18.5. The standard InChI is InChI=1S/C22H22N2O2/c1-4-20(25)12-9-18-15-22(17-7-5-16(2)6-8-17)24(23-18)19-10-13-21(26-3)14-11-19/h5-8,10-11,13-15,20,25H,4H2,1-3H3. The third kappa shape index (κ3) is 3.96. The molecular formula is C22H22N2O2. The molecule has 0 aliphatic carbocycles. The van der Waals surface area contributed by atoms with E-state index in [1.54, 1.807) is 7.11 Å². The van der Waals surface area contributed by atoms with Gasteiger partial charge in [-0.15, -0.1) is 0 Å². The van der Waals surface area contributed by atoms with E-state index in [0.29, 0.717) is 12.1 Å². The Kier molecular flexibility index (Phi) is 5.40. The number of ether oxygens (including phenoxy) is 1. The minimum absolute atomic E-state index is 0.594. The number of aliphatic hydroxyl groups is 1. The maximum absolute atomic E-state index is 9.70. The lowest BCUT2D eigenvalue weighted by Crippen LogP contribution is -2.00. The van der Waals surface area contributed by atoms with Gasteiger partial charge in [-0.25, -0.2) is 4.68 Å². The van der Waals surface area contributed by atoms with E-state index < -0.39 is 6.10 Å². The van der Waals surface area contributed by atoms with Gasteiger partial charge in [0, 0.05) is 11.6 Å². The SMILES string of the molecule is CCC(O)C#Cc1cc(-c2ccc(C)cc2)n(-c2ccc(OC)cc2)n1. The molecule has 1 unspecified atom stereocenters. The van der Waals surface area contributed by atoms with E-state index in [2.05, 4.69) is 48.1 Å². The molecule has 26 heavy (non-hydrogen) atoms. The molecule has 1 aromatic heterocycles. The van der Waals surface area contributed by atoms with Crippen molar-refractivity contribution in [3.05, 3.63) is 65.9 Å². The van der Waals surface area contributed by atoms with Crippen molar-refractivity contribution in [3.63, 3.8) is 0 Å². The molecule has 3 rings (SSSR count). The Morgan fingerprint density at radius 3 is 2.42 bits per heavy atom. The summed E-state index contributed by atoms with van der Waals surface area (Å²) in [6.45, 7) is 3.96. The highest BCUT2D eigenvalue weighted by atomic mass is 16.5. The van der Waals surface area contributed by atoms with Crippen LogP contribution in [-0.4, -0.2) is 28.1 Å². The highest BCUT2D eigenvalue weighted by Crippen LogP contribution is 2.25. The number of aliphatic hydroxyl groups excluding tert-OH is 1. The van der Waals surface area contributed by atoms with Gasteiger partial charge in [-0.3, -0.25) is 0 Å². The fourth-order valence-corrected chi connectivity index (χ4v) is 2.55. The minimum Gasteiger partial charge on any atom is -0.497 e. The Hall–Kier alpha value is -3.03. The molecule has 0 amide bonds. The second-order valence-electron chi connectivity index (χ2n) is 6.08. The second kappa shape index (κ2) is 7.90. The quantitative estimate of drug-likeness (QED) is 0.727. The molecule has 0 aliphatic heterocycles. The highest BCUT2D eigenvalue weighted by Gasteiger charge is 2.11. The van der Waals surface area contributed by atoms with Gasteiger partial charge in [0.25, 0.3) is 0 Å². The summed E-state index contributed by atoms with van der Waals surface area (Å²) < 4.78 is 7.10. The summed E-state index contributed by atoms with van der Waals surface area (Å²) in [4.78, 5) is 0. The van der Waals surface area contributed by atoms with Crippen LogP contribution in [0.25, 0.3) is 16.9 Å². The first-order valence-corrected chi connectivity index (χ1v) is 8.62. The predicted octanol–water partition coefficient (Wildman–Crippen LogP) is 3.98. The maximum atomic E-state index is 9.70. The first-order valence-electron chi connectivity index (χ1n) is 8.62. The van der Waals surface area contributed by atoms with E-state index in [1.165, 1.54) is 5.56 Å². The Labute approximate surface area is 154 Å². The number of rotatable bonds is 4. The Bertz CT molecular complexity index is 929. The van der Waals surface area contributed by atoms with E-state index in [-0.39, 0.29) is 0 Å². The zero-order valence-electron chi connectivity index (χ0n) is 15.2. The molecule has 0 spiro atoms. The zero-order valence-corrected chi connectivity index (χ0v) is 15.2. The van der Waals surface area contributed by atoms with E-state index in [9.17, 15) is 5.11 Å². The number of aromatic nitrogens is 2. The van der Waals surface area contributed by atoms with Gasteiger partial charge < -0.3 is 9.84 Å². The maximum Gasteiger partial charge on any atom is 0.136 e. The van der Waals surface area contributed by atoms with E-state index >= 15 is 0 Å². The number of benzene rings is 2. The van der Waals surface area contributed by atoms with Crippen LogP contribution >= 0.6 is 0 Å². The third-order valence-electron chi connectivity index (χ3n) is 4.13. The topological polar surface area (TPSA) is 47.3 Å². The van der Waals surface area contributed by atoms with Gasteiger partial charge in [0.05, 0.1) is 18.5 Å². The lowest BCUT2D eigenvalue weighted by atomic mass is 10.1. The van der Waals surface area contributed by atoms with Crippen LogP contribution in [0.3, 0.4) is 0 Å². The average molecular weight is 346 g/mol. The van der Waals surface area contributed by atoms with Gasteiger partial charge in [0.15, 0.2) is 0 Å². The van der Waals surface area contributed by atoms with Crippen LogP contribution in [-0.2, 0) is 0 Å². The minimum atomic E-state index is -0.635. The summed E-state index contributed by atoms with van der Waals surface area (Å²) in [6, 6.07) is 18.0. The van der Waals surface area contributed by atoms with Gasteiger partial charge >= 0.3 is 0 Å². The van der Waals surface area contributed by atoms with Gasteiger partial charge in [-0.05, 0) is 43.5 Å². The molecule has 132 valence electrons. The summed E-state index contributed by atoms with van der Waals surface area (Å²) in [5.74, 6) is 6.60. The molecule has 0 saturated carbocycles. The molecule has 0 radical (unpaired) electrons. The molecule has 3 aromatic rings. The largest absolute Gasteiger partial charge is 0.497 e. The fourth-order valence-electron chi connectivity index (χ4n) is 2.55. The lowest BCUT2D eigenvalue weighted by molar-refractivity contribution is 0.228. The number of methoxy groups -OCH3 is 1. The second-order valence-corrected chi connectivity index (χ2v) is 6.08. The molecule has 0 fully saturated rings.